The fourth-order valence-corrected chi connectivity index (χ4v) is 2.58. The molecule has 2 N–H and O–H groups in total. The molecule has 1 heterocycles. The maximum Gasteiger partial charge on any atom is 0.230 e. The van der Waals surface area contributed by atoms with Crippen molar-refractivity contribution in [3.05, 3.63) is 54.3 Å². The van der Waals surface area contributed by atoms with Gasteiger partial charge in [-0.15, -0.1) is 11.8 Å². The lowest BCUT2D eigenvalue weighted by Gasteiger charge is -2.04. The van der Waals surface area contributed by atoms with Gasteiger partial charge >= 0.3 is 0 Å². The molecule has 0 spiro atoms. The molecule has 0 unspecified atom stereocenters. The first kappa shape index (κ1) is 13.7. The van der Waals surface area contributed by atoms with Crippen molar-refractivity contribution in [3.8, 4) is 22.4 Å². The summed E-state index contributed by atoms with van der Waals surface area (Å²) in [6.07, 6.45) is 2.02. The van der Waals surface area contributed by atoms with E-state index in [1.54, 1.807) is 23.9 Å². The van der Waals surface area contributed by atoms with Gasteiger partial charge in [-0.1, -0.05) is 29.4 Å². The fourth-order valence-electron chi connectivity index (χ4n) is 2.17. The number of nitrogen functional groups attached to an aromatic ring is 1. The van der Waals surface area contributed by atoms with Crippen molar-refractivity contribution in [1.29, 1.82) is 0 Å². The lowest BCUT2D eigenvalue weighted by atomic mass is 10.0. The van der Waals surface area contributed by atoms with E-state index in [0.717, 1.165) is 10.5 Å². The Morgan fingerprint density at radius 3 is 2.52 bits per heavy atom. The second-order valence-corrected chi connectivity index (χ2v) is 5.39. The molecule has 0 radical (unpaired) electrons. The van der Waals surface area contributed by atoms with Crippen LogP contribution in [0.2, 0.25) is 0 Å². The highest BCUT2D eigenvalue weighted by molar-refractivity contribution is 7.98. The molecule has 0 atom stereocenters. The number of halogens is 1. The molecule has 3 aromatic rings. The molecule has 0 bridgehead atoms. The summed E-state index contributed by atoms with van der Waals surface area (Å²) in [6.45, 7) is 0. The summed E-state index contributed by atoms with van der Waals surface area (Å²) in [4.78, 5) is 1.16. The third-order valence-electron chi connectivity index (χ3n) is 3.20. The highest BCUT2D eigenvalue weighted by Crippen LogP contribution is 2.36. The van der Waals surface area contributed by atoms with Crippen LogP contribution in [0.5, 0.6) is 0 Å². The number of hydrogen-bond donors (Lipinski definition) is 1. The fraction of sp³-hybridized carbons (Fsp3) is 0.0625. The van der Waals surface area contributed by atoms with Crippen molar-refractivity contribution in [3.63, 3.8) is 0 Å². The topological polar surface area (TPSA) is 52.0 Å². The Balaban J connectivity index is 2.12. The van der Waals surface area contributed by atoms with Gasteiger partial charge in [-0.25, -0.2) is 4.39 Å². The Hall–Kier alpha value is -2.27. The molecular formula is C16H13FN2OS. The van der Waals surface area contributed by atoms with Crippen molar-refractivity contribution >= 4 is 17.6 Å². The molecule has 0 fully saturated rings. The summed E-state index contributed by atoms with van der Waals surface area (Å²) in [6, 6.07) is 14.1. The van der Waals surface area contributed by atoms with Gasteiger partial charge < -0.3 is 10.3 Å². The summed E-state index contributed by atoms with van der Waals surface area (Å²) in [5.74, 6) is -0.138. The second kappa shape index (κ2) is 5.61. The molecule has 0 saturated heterocycles. The zero-order valence-corrected chi connectivity index (χ0v) is 12.2. The van der Waals surface area contributed by atoms with Gasteiger partial charge in [-0.3, -0.25) is 0 Å². The SMILES string of the molecule is CSc1ccc(-c2noc(N)c2-c2cccc(F)c2)cc1. The smallest absolute Gasteiger partial charge is 0.230 e. The summed E-state index contributed by atoms with van der Waals surface area (Å²) >= 11 is 1.66. The molecule has 2 aromatic carbocycles. The van der Waals surface area contributed by atoms with E-state index in [4.69, 9.17) is 10.3 Å². The van der Waals surface area contributed by atoms with Crippen molar-refractivity contribution in [2.45, 2.75) is 4.90 Å². The summed E-state index contributed by atoms with van der Waals surface area (Å²) in [7, 11) is 0. The molecule has 21 heavy (non-hydrogen) atoms. The highest BCUT2D eigenvalue weighted by atomic mass is 32.2. The number of nitrogens with two attached hydrogens (primary N) is 1. The average molecular weight is 300 g/mol. The lowest BCUT2D eigenvalue weighted by Crippen LogP contribution is -1.88. The number of aromatic nitrogens is 1. The molecule has 0 aliphatic heterocycles. The van der Waals surface area contributed by atoms with E-state index in [1.165, 1.54) is 12.1 Å². The van der Waals surface area contributed by atoms with Gasteiger partial charge in [0, 0.05) is 10.5 Å². The minimum atomic E-state index is -0.322. The number of thioether (sulfide) groups is 1. The van der Waals surface area contributed by atoms with Crippen LogP contribution in [0.15, 0.2) is 57.9 Å². The highest BCUT2D eigenvalue weighted by Gasteiger charge is 2.17. The van der Waals surface area contributed by atoms with E-state index >= 15 is 0 Å². The minimum Gasteiger partial charge on any atom is -0.367 e. The Bertz CT molecular complexity index is 768. The maximum absolute atomic E-state index is 13.4. The molecule has 0 aliphatic carbocycles. The van der Waals surface area contributed by atoms with Crippen LogP contribution < -0.4 is 5.73 Å². The number of rotatable bonds is 3. The van der Waals surface area contributed by atoms with Gasteiger partial charge in [0.15, 0.2) is 0 Å². The normalized spacial score (nSPS) is 10.8. The molecule has 3 nitrogen and oxygen atoms in total. The third-order valence-corrected chi connectivity index (χ3v) is 3.94. The van der Waals surface area contributed by atoms with Crippen LogP contribution in [0.4, 0.5) is 10.3 Å². The Morgan fingerprint density at radius 2 is 1.86 bits per heavy atom. The number of anilines is 1. The first-order valence-corrected chi connectivity index (χ1v) is 7.57. The van der Waals surface area contributed by atoms with Gasteiger partial charge in [0.2, 0.25) is 5.88 Å². The number of nitrogens with zero attached hydrogens (tertiary/aromatic N) is 1. The first-order valence-electron chi connectivity index (χ1n) is 6.34. The molecule has 5 heteroatoms. The standard InChI is InChI=1S/C16H13FN2OS/c1-21-13-7-5-10(6-8-13)15-14(16(18)20-19-15)11-3-2-4-12(17)9-11/h2-9H,18H2,1H3. The Kier molecular flexibility index (Phi) is 3.66. The van der Waals surface area contributed by atoms with E-state index in [1.807, 2.05) is 30.5 Å². The third kappa shape index (κ3) is 2.64. The van der Waals surface area contributed by atoms with Crippen LogP contribution in [0.3, 0.4) is 0 Å². The van der Waals surface area contributed by atoms with Crippen molar-refractivity contribution < 1.29 is 8.91 Å². The first-order chi connectivity index (χ1) is 10.2. The summed E-state index contributed by atoms with van der Waals surface area (Å²) in [5.41, 5.74) is 8.63. The second-order valence-electron chi connectivity index (χ2n) is 4.51. The van der Waals surface area contributed by atoms with Gasteiger partial charge in [-0.05, 0) is 36.1 Å². The van der Waals surface area contributed by atoms with Gasteiger partial charge in [0.05, 0.1) is 5.56 Å². The van der Waals surface area contributed by atoms with Gasteiger partial charge in [-0.2, -0.15) is 0 Å². The zero-order chi connectivity index (χ0) is 14.8. The summed E-state index contributed by atoms with van der Waals surface area (Å²) in [5, 5.41) is 4.02. The van der Waals surface area contributed by atoms with Crippen molar-refractivity contribution in [2.24, 2.45) is 0 Å². The van der Waals surface area contributed by atoms with Crippen molar-refractivity contribution in [1.82, 2.24) is 5.16 Å². The Labute approximate surface area is 126 Å². The predicted octanol–water partition coefficient (Wildman–Crippen LogP) is 4.45. The van der Waals surface area contributed by atoms with E-state index in [9.17, 15) is 4.39 Å². The van der Waals surface area contributed by atoms with E-state index in [-0.39, 0.29) is 11.7 Å². The van der Waals surface area contributed by atoms with E-state index in [0.29, 0.717) is 16.8 Å². The van der Waals surface area contributed by atoms with Crippen LogP contribution in [-0.2, 0) is 0 Å². The largest absolute Gasteiger partial charge is 0.367 e. The van der Waals surface area contributed by atoms with Crippen LogP contribution in [0, 0.1) is 5.82 Å². The molecule has 106 valence electrons. The van der Waals surface area contributed by atoms with Gasteiger partial charge in [0.1, 0.15) is 11.5 Å². The number of benzene rings is 2. The molecule has 0 saturated carbocycles. The van der Waals surface area contributed by atoms with Gasteiger partial charge in [0.25, 0.3) is 0 Å². The quantitative estimate of drug-likeness (QED) is 0.726. The monoisotopic (exact) mass is 300 g/mol. The number of hydrogen-bond acceptors (Lipinski definition) is 4. The van der Waals surface area contributed by atoms with E-state index < -0.39 is 0 Å². The Morgan fingerprint density at radius 1 is 1.10 bits per heavy atom. The average Bonchev–Trinajstić information content (AvgIpc) is 2.89. The molecule has 3 rings (SSSR count). The molecule has 1 aromatic heterocycles. The van der Waals surface area contributed by atoms with Crippen LogP contribution in [0.1, 0.15) is 0 Å². The molecule has 0 amide bonds. The zero-order valence-electron chi connectivity index (χ0n) is 11.3. The minimum absolute atomic E-state index is 0.185. The maximum atomic E-state index is 13.4. The molecule has 0 aliphatic rings. The van der Waals surface area contributed by atoms with Crippen molar-refractivity contribution in [2.75, 3.05) is 12.0 Å². The lowest BCUT2D eigenvalue weighted by molar-refractivity contribution is 0.439. The predicted molar refractivity (Wildman–Crippen MR) is 83.5 cm³/mol. The van der Waals surface area contributed by atoms with Crippen LogP contribution in [-0.4, -0.2) is 11.4 Å². The van der Waals surface area contributed by atoms with Crippen LogP contribution >= 0.6 is 11.8 Å². The summed E-state index contributed by atoms with van der Waals surface area (Å²) < 4.78 is 18.5. The van der Waals surface area contributed by atoms with E-state index in [2.05, 4.69) is 5.16 Å². The molecular weight excluding hydrogens is 287 g/mol. The van der Waals surface area contributed by atoms with Crippen LogP contribution in [0.25, 0.3) is 22.4 Å².